The highest BCUT2D eigenvalue weighted by atomic mass is 19.1. The maximum atomic E-state index is 13.3. The van der Waals surface area contributed by atoms with Crippen molar-refractivity contribution in [3.8, 4) is 6.07 Å². The van der Waals surface area contributed by atoms with Gasteiger partial charge in [-0.15, -0.1) is 0 Å². The number of amides is 1. The highest BCUT2D eigenvalue weighted by Crippen LogP contribution is 2.30. The van der Waals surface area contributed by atoms with Crippen LogP contribution in [0.3, 0.4) is 0 Å². The SMILES string of the molecule is N#CCCN(C(=O)c1cc(F)ccc1[N+](=O)[O-])C1CC1. The molecule has 1 aromatic carbocycles. The van der Waals surface area contributed by atoms with Gasteiger partial charge in [0.1, 0.15) is 11.4 Å². The van der Waals surface area contributed by atoms with E-state index in [-0.39, 0.29) is 24.6 Å². The van der Waals surface area contributed by atoms with E-state index >= 15 is 0 Å². The average Bonchev–Trinajstić information content (AvgIpc) is 3.23. The Labute approximate surface area is 114 Å². The van der Waals surface area contributed by atoms with E-state index in [9.17, 15) is 19.3 Å². The third-order valence-corrected chi connectivity index (χ3v) is 3.10. The summed E-state index contributed by atoms with van der Waals surface area (Å²) in [4.78, 5) is 24.0. The monoisotopic (exact) mass is 277 g/mol. The number of halogens is 1. The van der Waals surface area contributed by atoms with Crippen molar-refractivity contribution < 1.29 is 14.1 Å². The van der Waals surface area contributed by atoms with Gasteiger partial charge in [0.2, 0.25) is 0 Å². The zero-order valence-electron chi connectivity index (χ0n) is 10.6. The molecule has 7 heteroatoms. The Bertz CT molecular complexity index is 593. The predicted octanol–water partition coefficient (Wildman–Crippen LogP) is 2.25. The Hall–Kier alpha value is -2.49. The van der Waals surface area contributed by atoms with Crippen LogP contribution in [0.25, 0.3) is 0 Å². The molecule has 0 spiro atoms. The Kier molecular flexibility index (Phi) is 3.94. The number of nitriles is 1. The van der Waals surface area contributed by atoms with Gasteiger partial charge in [-0.2, -0.15) is 5.26 Å². The third-order valence-electron chi connectivity index (χ3n) is 3.10. The number of carbonyl (C=O) groups is 1. The molecule has 1 aliphatic carbocycles. The molecular formula is C13H12FN3O3. The van der Waals surface area contributed by atoms with Crippen molar-refractivity contribution in [1.29, 1.82) is 5.26 Å². The summed E-state index contributed by atoms with van der Waals surface area (Å²) in [5.74, 6) is -1.29. The van der Waals surface area contributed by atoms with Crippen molar-refractivity contribution in [1.82, 2.24) is 4.90 Å². The van der Waals surface area contributed by atoms with E-state index < -0.39 is 22.3 Å². The molecule has 1 saturated carbocycles. The Morgan fingerprint density at radius 1 is 1.55 bits per heavy atom. The quantitative estimate of drug-likeness (QED) is 0.610. The predicted molar refractivity (Wildman–Crippen MR) is 67.3 cm³/mol. The van der Waals surface area contributed by atoms with Crippen LogP contribution in [0.1, 0.15) is 29.6 Å². The van der Waals surface area contributed by atoms with Crippen LogP contribution in [-0.4, -0.2) is 28.3 Å². The first-order valence-corrected chi connectivity index (χ1v) is 6.16. The first kappa shape index (κ1) is 13.9. The van der Waals surface area contributed by atoms with Crippen molar-refractivity contribution in [3.05, 3.63) is 39.7 Å². The lowest BCUT2D eigenvalue weighted by molar-refractivity contribution is -0.385. The summed E-state index contributed by atoms with van der Waals surface area (Å²) in [7, 11) is 0. The maximum absolute atomic E-state index is 13.3. The molecule has 104 valence electrons. The van der Waals surface area contributed by atoms with Crippen molar-refractivity contribution in [2.24, 2.45) is 0 Å². The van der Waals surface area contributed by atoms with Gasteiger partial charge in [0.05, 0.1) is 17.4 Å². The summed E-state index contributed by atoms with van der Waals surface area (Å²) in [6, 6.07) is 4.74. The summed E-state index contributed by atoms with van der Waals surface area (Å²) in [6.07, 6.45) is 1.76. The van der Waals surface area contributed by atoms with Gasteiger partial charge in [0.25, 0.3) is 11.6 Å². The van der Waals surface area contributed by atoms with Gasteiger partial charge in [-0.3, -0.25) is 14.9 Å². The zero-order valence-corrected chi connectivity index (χ0v) is 10.6. The second-order valence-corrected chi connectivity index (χ2v) is 4.56. The van der Waals surface area contributed by atoms with Gasteiger partial charge in [0.15, 0.2) is 0 Å². The Morgan fingerprint density at radius 2 is 2.25 bits per heavy atom. The summed E-state index contributed by atoms with van der Waals surface area (Å²) in [5.41, 5.74) is -0.682. The second kappa shape index (κ2) is 5.65. The minimum atomic E-state index is -0.706. The third kappa shape index (κ3) is 2.91. The number of rotatable bonds is 5. The lowest BCUT2D eigenvalue weighted by atomic mass is 10.1. The summed E-state index contributed by atoms with van der Waals surface area (Å²) >= 11 is 0. The first-order chi connectivity index (χ1) is 9.54. The largest absolute Gasteiger partial charge is 0.334 e. The molecule has 0 saturated heterocycles. The standard InChI is InChI=1S/C13H12FN3O3/c14-9-2-5-12(17(19)20)11(8-9)13(18)16(7-1-6-15)10-3-4-10/h2,5,8,10H,1,3-4,7H2. The van der Waals surface area contributed by atoms with E-state index in [2.05, 4.69) is 0 Å². The molecule has 0 atom stereocenters. The highest BCUT2D eigenvalue weighted by molar-refractivity contribution is 5.98. The topological polar surface area (TPSA) is 87.2 Å². The van der Waals surface area contributed by atoms with Crippen molar-refractivity contribution in [2.75, 3.05) is 6.54 Å². The summed E-state index contributed by atoms with van der Waals surface area (Å²) < 4.78 is 13.3. The minimum absolute atomic E-state index is 0.00118. The maximum Gasteiger partial charge on any atom is 0.282 e. The van der Waals surface area contributed by atoms with Gasteiger partial charge in [-0.25, -0.2) is 4.39 Å². The second-order valence-electron chi connectivity index (χ2n) is 4.56. The van der Waals surface area contributed by atoms with Gasteiger partial charge < -0.3 is 4.90 Å². The molecule has 0 N–H and O–H groups in total. The fourth-order valence-electron chi connectivity index (χ4n) is 2.00. The van der Waals surface area contributed by atoms with Crippen LogP contribution in [0, 0.1) is 27.3 Å². The Balaban J connectivity index is 2.33. The summed E-state index contributed by atoms with van der Waals surface area (Å²) in [6.45, 7) is 0.202. The van der Waals surface area contributed by atoms with E-state index in [1.54, 1.807) is 0 Å². The van der Waals surface area contributed by atoms with E-state index in [1.807, 2.05) is 6.07 Å². The van der Waals surface area contributed by atoms with Crippen LogP contribution in [0.5, 0.6) is 0 Å². The number of nitro benzene ring substituents is 1. The molecule has 1 amide bonds. The number of carbonyl (C=O) groups excluding carboxylic acids is 1. The molecule has 1 fully saturated rings. The van der Waals surface area contributed by atoms with E-state index in [4.69, 9.17) is 5.26 Å². The van der Waals surface area contributed by atoms with Gasteiger partial charge >= 0.3 is 0 Å². The molecule has 0 unspecified atom stereocenters. The number of benzene rings is 1. The molecule has 2 rings (SSSR count). The van der Waals surface area contributed by atoms with Gasteiger partial charge in [0, 0.05) is 18.7 Å². The average molecular weight is 277 g/mol. The number of hydrogen-bond donors (Lipinski definition) is 0. The van der Waals surface area contributed by atoms with Crippen LogP contribution in [0.4, 0.5) is 10.1 Å². The fourth-order valence-corrected chi connectivity index (χ4v) is 2.00. The molecule has 0 radical (unpaired) electrons. The van der Waals surface area contributed by atoms with Gasteiger partial charge in [-0.1, -0.05) is 0 Å². The van der Waals surface area contributed by atoms with Gasteiger partial charge in [-0.05, 0) is 25.0 Å². The number of hydrogen-bond acceptors (Lipinski definition) is 4. The van der Waals surface area contributed by atoms with Crippen molar-refractivity contribution >= 4 is 11.6 Å². The zero-order chi connectivity index (χ0) is 14.7. The molecule has 0 aliphatic heterocycles. The fraction of sp³-hybridized carbons (Fsp3) is 0.385. The lowest BCUT2D eigenvalue weighted by Gasteiger charge is -2.21. The smallest absolute Gasteiger partial charge is 0.282 e. The molecule has 0 bridgehead atoms. The molecule has 6 nitrogen and oxygen atoms in total. The highest BCUT2D eigenvalue weighted by Gasteiger charge is 2.35. The van der Waals surface area contributed by atoms with Crippen LogP contribution in [-0.2, 0) is 0 Å². The molecule has 20 heavy (non-hydrogen) atoms. The molecule has 1 aromatic rings. The molecular weight excluding hydrogens is 265 g/mol. The molecule has 1 aliphatic rings. The van der Waals surface area contributed by atoms with Crippen molar-refractivity contribution in [2.45, 2.75) is 25.3 Å². The van der Waals surface area contributed by atoms with E-state index in [0.717, 1.165) is 31.0 Å². The molecule has 0 heterocycles. The summed E-state index contributed by atoms with van der Waals surface area (Å²) in [5, 5.41) is 19.5. The Morgan fingerprint density at radius 3 is 2.80 bits per heavy atom. The number of nitrogens with zero attached hydrogens (tertiary/aromatic N) is 3. The minimum Gasteiger partial charge on any atom is -0.334 e. The van der Waals surface area contributed by atoms with E-state index in [1.165, 1.54) is 4.90 Å². The van der Waals surface area contributed by atoms with Crippen LogP contribution >= 0.6 is 0 Å². The first-order valence-electron chi connectivity index (χ1n) is 6.16. The van der Waals surface area contributed by atoms with Crippen LogP contribution in [0.2, 0.25) is 0 Å². The number of nitro groups is 1. The van der Waals surface area contributed by atoms with Crippen molar-refractivity contribution in [3.63, 3.8) is 0 Å². The van der Waals surface area contributed by atoms with Crippen LogP contribution in [0.15, 0.2) is 18.2 Å². The molecule has 0 aromatic heterocycles. The lowest BCUT2D eigenvalue weighted by Crippen LogP contribution is -2.34. The van der Waals surface area contributed by atoms with Crippen LogP contribution < -0.4 is 0 Å². The van der Waals surface area contributed by atoms with E-state index in [0.29, 0.717) is 0 Å². The normalized spacial score (nSPS) is 13.6.